The van der Waals surface area contributed by atoms with Gasteiger partial charge in [-0.15, -0.1) is 0 Å². The zero-order valence-electron chi connectivity index (χ0n) is 15.5. The summed E-state index contributed by atoms with van der Waals surface area (Å²) in [7, 11) is -3.44. The molecule has 9 heteroatoms. The van der Waals surface area contributed by atoms with Crippen molar-refractivity contribution in [3.8, 4) is 0 Å². The highest BCUT2D eigenvalue weighted by Gasteiger charge is 2.65. The maximum Gasteiger partial charge on any atom is 0.225 e. The summed E-state index contributed by atoms with van der Waals surface area (Å²) in [6, 6.07) is 7.28. The van der Waals surface area contributed by atoms with Crippen LogP contribution in [-0.2, 0) is 21.3 Å². The second kappa shape index (κ2) is 6.38. The topological polar surface area (TPSA) is 75.6 Å². The maximum atomic E-state index is 13.2. The Hall–Kier alpha value is -1.74. The molecule has 0 amide bonds. The Morgan fingerprint density at radius 1 is 1.21 bits per heavy atom. The molecule has 4 heterocycles. The van der Waals surface area contributed by atoms with Crippen molar-refractivity contribution in [2.24, 2.45) is 0 Å². The number of aromatic nitrogens is 2. The Morgan fingerprint density at radius 3 is 2.64 bits per heavy atom. The molecule has 28 heavy (non-hydrogen) atoms. The van der Waals surface area contributed by atoms with Gasteiger partial charge in [0.2, 0.25) is 16.0 Å². The minimum Gasteiger partial charge on any atom is -0.365 e. The fraction of sp³-hybridized carbons (Fsp3) is 0.474. The van der Waals surface area contributed by atoms with Crippen molar-refractivity contribution in [1.82, 2.24) is 14.3 Å². The molecule has 5 rings (SSSR count). The van der Waals surface area contributed by atoms with Crippen LogP contribution in [0.1, 0.15) is 17.5 Å². The van der Waals surface area contributed by atoms with Crippen molar-refractivity contribution < 1.29 is 13.2 Å². The summed E-state index contributed by atoms with van der Waals surface area (Å²) in [6.45, 7) is 3.72. The van der Waals surface area contributed by atoms with E-state index in [2.05, 4.69) is 14.9 Å². The predicted molar refractivity (Wildman–Crippen MR) is 106 cm³/mol. The monoisotopic (exact) mass is 420 g/mol. The molecule has 0 aliphatic carbocycles. The van der Waals surface area contributed by atoms with Crippen LogP contribution in [0.2, 0.25) is 5.02 Å². The van der Waals surface area contributed by atoms with Crippen LogP contribution in [0.25, 0.3) is 0 Å². The Balaban J connectivity index is 1.42. The zero-order chi connectivity index (χ0) is 19.5. The van der Waals surface area contributed by atoms with E-state index in [4.69, 9.17) is 16.3 Å². The first-order valence-electron chi connectivity index (χ1n) is 9.31. The molecule has 0 radical (unpaired) electrons. The molecule has 7 nitrogen and oxygen atoms in total. The van der Waals surface area contributed by atoms with Gasteiger partial charge in [0.15, 0.2) is 0 Å². The smallest absolute Gasteiger partial charge is 0.225 e. The van der Waals surface area contributed by atoms with Gasteiger partial charge in [-0.05, 0) is 36.6 Å². The maximum absolute atomic E-state index is 13.2. The number of hydrogen-bond acceptors (Lipinski definition) is 6. The molecule has 0 saturated carbocycles. The van der Waals surface area contributed by atoms with E-state index in [0.717, 1.165) is 11.1 Å². The zero-order valence-corrected chi connectivity index (χ0v) is 17.0. The van der Waals surface area contributed by atoms with Crippen molar-refractivity contribution >= 4 is 27.6 Å². The van der Waals surface area contributed by atoms with Crippen LogP contribution in [0.4, 0.5) is 5.95 Å². The van der Waals surface area contributed by atoms with Gasteiger partial charge in [0, 0.05) is 37.1 Å². The fourth-order valence-electron chi connectivity index (χ4n) is 4.59. The van der Waals surface area contributed by atoms with E-state index >= 15 is 0 Å². The number of hydrogen-bond donors (Lipinski definition) is 0. The Kier molecular flexibility index (Phi) is 4.17. The average Bonchev–Trinajstić information content (AvgIpc) is 3.03. The van der Waals surface area contributed by atoms with Crippen molar-refractivity contribution in [2.45, 2.75) is 36.8 Å². The highest BCUT2D eigenvalue weighted by Crippen LogP contribution is 2.47. The molecule has 3 saturated heterocycles. The van der Waals surface area contributed by atoms with Crippen molar-refractivity contribution in [3.05, 3.63) is 52.8 Å². The lowest BCUT2D eigenvalue weighted by Crippen LogP contribution is -2.55. The number of ether oxygens (including phenoxy) is 1. The summed E-state index contributed by atoms with van der Waals surface area (Å²) in [5.41, 5.74) is 1.17. The Bertz CT molecular complexity index is 999. The van der Waals surface area contributed by atoms with E-state index in [0.29, 0.717) is 43.6 Å². The van der Waals surface area contributed by atoms with E-state index in [1.165, 1.54) is 0 Å². The number of morpholine rings is 1. The third-order valence-electron chi connectivity index (χ3n) is 5.83. The van der Waals surface area contributed by atoms with Crippen LogP contribution in [0.15, 0.2) is 36.7 Å². The van der Waals surface area contributed by atoms with Crippen molar-refractivity contribution in [1.29, 1.82) is 0 Å². The van der Waals surface area contributed by atoms with E-state index < -0.39 is 20.9 Å². The molecule has 1 aromatic carbocycles. The third-order valence-corrected chi connectivity index (χ3v) is 8.40. The number of fused-ring (bicyclic) bond motifs is 1. The summed E-state index contributed by atoms with van der Waals surface area (Å²) in [5, 5.41) is 0.114. The molecule has 2 bridgehead atoms. The fourth-order valence-corrected chi connectivity index (χ4v) is 7.00. The standard InChI is InChI=1S/C19H21ClN4O3S/c1-13-7-21-18(22-8-13)23-10-16-6-17-19(11-23,27-16)12-24(28(17,25)26)9-14-2-4-15(20)5-3-14/h2-5,7-8,16-17H,6,9-12H2,1H3/t16-,17+,19+/m1/s1. The van der Waals surface area contributed by atoms with Gasteiger partial charge in [0.25, 0.3) is 0 Å². The lowest BCUT2D eigenvalue weighted by molar-refractivity contribution is -0.0535. The van der Waals surface area contributed by atoms with E-state index in [-0.39, 0.29) is 6.10 Å². The molecule has 0 unspecified atom stereocenters. The summed E-state index contributed by atoms with van der Waals surface area (Å²) in [6.07, 6.45) is 3.97. The summed E-state index contributed by atoms with van der Waals surface area (Å²) in [5.74, 6) is 0.632. The lowest BCUT2D eigenvalue weighted by Gasteiger charge is -2.39. The second-order valence-electron chi connectivity index (χ2n) is 7.91. The molecule has 1 spiro atoms. The first-order valence-corrected chi connectivity index (χ1v) is 11.2. The summed E-state index contributed by atoms with van der Waals surface area (Å²) in [4.78, 5) is 10.9. The molecule has 1 aromatic heterocycles. The van der Waals surface area contributed by atoms with E-state index in [1.807, 2.05) is 19.1 Å². The Morgan fingerprint density at radius 2 is 1.93 bits per heavy atom. The van der Waals surface area contributed by atoms with Crippen LogP contribution < -0.4 is 4.90 Å². The van der Waals surface area contributed by atoms with Gasteiger partial charge >= 0.3 is 0 Å². The minimum absolute atomic E-state index is 0.115. The van der Waals surface area contributed by atoms with Gasteiger partial charge in [-0.3, -0.25) is 0 Å². The first kappa shape index (κ1) is 18.3. The number of aryl methyl sites for hydroxylation is 1. The van der Waals surface area contributed by atoms with E-state index in [1.54, 1.807) is 28.8 Å². The van der Waals surface area contributed by atoms with Crippen LogP contribution in [0.3, 0.4) is 0 Å². The summed E-state index contributed by atoms with van der Waals surface area (Å²) >= 11 is 5.95. The molecule has 3 aliphatic heterocycles. The number of sulfonamides is 1. The number of halogens is 1. The molecule has 3 aliphatic rings. The molecule has 3 atom stereocenters. The third kappa shape index (κ3) is 2.90. The SMILES string of the molecule is Cc1cnc(N2C[C@H]3C[C@H]4[C@](C2)(CN(Cc2ccc(Cl)cc2)S4(=O)=O)O3)nc1. The van der Waals surface area contributed by atoms with Crippen LogP contribution in [-0.4, -0.2) is 59.3 Å². The van der Waals surface area contributed by atoms with Gasteiger partial charge < -0.3 is 9.64 Å². The highest BCUT2D eigenvalue weighted by molar-refractivity contribution is 7.90. The Labute approximate surface area is 169 Å². The van der Waals surface area contributed by atoms with Crippen LogP contribution in [0, 0.1) is 6.92 Å². The molecular weight excluding hydrogens is 400 g/mol. The average molecular weight is 421 g/mol. The number of nitrogens with zero attached hydrogens (tertiary/aromatic N) is 4. The molecule has 3 fully saturated rings. The number of anilines is 1. The van der Waals surface area contributed by atoms with E-state index in [9.17, 15) is 8.42 Å². The van der Waals surface area contributed by atoms with Crippen LogP contribution in [0.5, 0.6) is 0 Å². The molecule has 0 N–H and O–H groups in total. The van der Waals surface area contributed by atoms with Gasteiger partial charge in [-0.2, -0.15) is 4.31 Å². The normalized spacial score (nSPS) is 31.1. The first-order chi connectivity index (χ1) is 13.4. The second-order valence-corrected chi connectivity index (χ2v) is 10.5. The van der Waals surface area contributed by atoms with Gasteiger partial charge in [-0.25, -0.2) is 18.4 Å². The molecule has 2 aromatic rings. The van der Waals surface area contributed by atoms with Crippen molar-refractivity contribution in [3.63, 3.8) is 0 Å². The van der Waals surface area contributed by atoms with Gasteiger partial charge in [0.1, 0.15) is 10.9 Å². The largest absolute Gasteiger partial charge is 0.365 e. The number of rotatable bonds is 3. The van der Waals surface area contributed by atoms with Gasteiger partial charge in [0.05, 0.1) is 12.6 Å². The molecular formula is C19H21ClN4O3S. The lowest BCUT2D eigenvalue weighted by atomic mass is 9.99. The minimum atomic E-state index is -3.44. The molecule has 148 valence electrons. The summed E-state index contributed by atoms with van der Waals surface area (Å²) < 4.78 is 34.3. The number of benzene rings is 1. The van der Waals surface area contributed by atoms with Crippen LogP contribution >= 0.6 is 11.6 Å². The van der Waals surface area contributed by atoms with Gasteiger partial charge in [-0.1, -0.05) is 23.7 Å². The quantitative estimate of drug-likeness (QED) is 0.756. The van der Waals surface area contributed by atoms with Crippen molar-refractivity contribution in [2.75, 3.05) is 24.5 Å². The predicted octanol–water partition coefficient (Wildman–Crippen LogP) is 2.00. The highest BCUT2D eigenvalue weighted by atomic mass is 35.5.